The lowest BCUT2D eigenvalue weighted by Crippen LogP contribution is -2.16. The summed E-state index contributed by atoms with van der Waals surface area (Å²) in [6.07, 6.45) is 2.11. The monoisotopic (exact) mass is 248 g/mol. The quantitative estimate of drug-likeness (QED) is 0.809. The number of para-hydroxylation sites is 1. The van der Waals surface area contributed by atoms with Crippen molar-refractivity contribution in [2.24, 2.45) is 0 Å². The van der Waals surface area contributed by atoms with E-state index in [1.54, 1.807) is 4.57 Å². The molecular weight excluding hydrogens is 236 g/mol. The van der Waals surface area contributed by atoms with E-state index in [9.17, 15) is 4.79 Å². The number of nitrogen functional groups attached to an aromatic ring is 1. The summed E-state index contributed by atoms with van der Waals surface area (Å²) < 4.78 is 1.72. The average Bonchev–Trinajstić information content (AvgIpc) is 3.08. The minimum atomic E-state index is -0.135. The third-order valence-electron chi connectivity index (χ3n) is 2.70. The lowest BCUT2D eigenvalue weighted by atomic mass is 10.3. The molecule has 5 nitrogen and oxygen atoms in total. The van der Waals surface area contributed by atoms with Gasteiger partial charge in [-0.05, 0) is 36.7 Å². The molecule has 17 heavy (non-hydrogen) atoms. The van der Waals surface area contributed by atoms with E-state index >= 15 is 0 Å². The summed E-state index contributed by atoms with van der Waals surface area (Å²) in [6.45, 7) is 0. The Morgan fingerprint density at radius 2 is 2.18 bits per heavy atom. The summed E-state index contributed by atoms with van der Waals surface area (Å²) in [4.78, 5) is 12.5. The molecule has 0 spiro atoms. The number of nitrogens with two attached hydrogens (primary N) is 1. The molecule has 3 N–H and O–H groups in total. The van der Waals surface area contributed by atoms with Gasteiger partial charge in [0, 0.05) is 16.6 Å². The van der Waals surface area contributed by atoms with Gasteiger partial charge < -0.3 is 5.73 Å². The highest BCUT2D eigenvalue weighted by molar-refractivity contribution is 7.99. The molecule has 1 aliphatic rings. The molecule has 0 bridgehead atoms. The number of aromatic nitrogens is 3. The van der Waals surface area contributed by atoms with Crippen LogP contribution in [0.15, 0.2) is 39.1 Å². The molecule has 1 heterocycles. The van der Waals surface area contributed by atoms with Crippen LogP contribution in [0.4, 0.5) is 5.69 Å². The Labute approximate surface area is 102 Å². The van der Waals surface area contributed by atoms with Gasteiger partial charge in [0.25, 0.3) is 0 Å². The van der Waals surface area contributed by atoms with Crippen LogP contribution in [0.2, 0.25) is 0 Å². The number of nitrogens with one attached hydrogen (secondary N) is 1. The minimum absolute atomic E-state index is 0.135. The predicted octanol–water partition coefficient (Wildman–Crippen LogP) is 1.64. The van der Waals surface area contributed by atoms with Gasteiger partial charge in [0.15, 0.2) is 5.16 Å². The second kappa shape index (κ2) is 3.96. The van der Waals surface area contributed by atoms with Crippen molar-refractivity contribution in [1.82, 2.24) is 14.8 Å². The molecule has 0 atom stereocenters. The SMILES string of the molecule is Nc1ccccc1Sc1n[nH]c(=O)n1C1CC1. The molecule has 1 fully saturated rings. The van der Waals surface area contributed by atoms with E-state index in [2.05, 4.69) is 10.2 Å². The Balaban J connectivity index is 1.96. The Morgan fingerprint density at radius 1 is 1.41 bits per heavy atom. The van der Waals surface area contributed by atoms with Gasteiger partial charge in [0.2, 0.25) is 0 Å². The highest BCUT2D eigenvalue weighted by Gasteiger charge is 2.28. The van der Waals surface area contributed by atoms with Gasteiger partial charge in [0.1, 0.15) is 0 Å². The summed E-state index contributed by atoms with van der Waals surface area (Å²) >= 11 is 1.43. The average molecular weight is 248 g/mol. The van der Waals surface area contributed by atoms with Gasteiger partial charge in [-0.1, -0.05) is 12.1 Å². The molecule has 6 heteroatoms. The first kappa shape index (κ1) is 10.5. The Kier molecular flexibility index (Phi) is 2.44. The van der Waals surface area contributed by atoms with Crippen molar-refractivity contribution >= 4 is 17.4 Å². The third-order valence-corrected chi connectivity index (χ3v) is 3.77. The molecule has 0 radical (unpaired) electrons. The molecule has 1 aromatic carbocycles. The molecule has 0 aliphatic heterocycles. The van der Waals surface area contributed by atoms with Gasteiger partial charge in [-0.15, -0.1) is 5.10 Å². The van der Waals surface area contributed by atoms with Crippen LogP contribution in [0.3, 0.4) is 0 Å². The largest absolute Gasteiger partial charge is 0.398 e. The summed E-state index contributed by atoms with van der Waals surface area (Å²) in [5.41, 5.74) is 6.44. The Bertz CT molecular complexity index is 600. The summed E-state index contributed by atoms with van der Waals surface area (Å²) in [5, 5.41) is 7.23. The number of rotatable bonds is 3. The second-order valence-corrected chi connectivity index (χ2v) is 5.06. The molecule has 1 aromatic heterocycles. The van der Waals surface area contributed by atoms with Gasteiger partial charge in [-0.3, -0.25) is 4.57 Å². The fraction of sp³-hybridized carbons (Fsp3) is 0.273. The van der Waals surface area contributed by atoms with Crippen LogP contribution in [0.5, 0.6) is 0 Å². The highest BCUT2D eigenvalue weighted by Crippen LogP contribution is 2.38. The van der Waals surface area contributed by atoms with E-state index in [0.29, 0.717) is 16.9 Å². The second-order valence-electron chi connectivity index (χ2n) is 4.05. The van der Waals surface area contributed by atoms with Gasteiger partial charge in [-0.25, -0.2) is 9.89 Å². The zero-order chi connectivity index (χ0) is 11.8. The normalized spacial score (nSPS) is 15.1. The number of H-pyrrole nitrogens is 1. The van der Waals surface area contributed by atoms with Crippen molar-refractivity contribution in [1.29, 1.82) is 0 Å². The molecule has 88 valence electrons. The van der Waals surface area contributed by atoms with E-state index in [1.165, 1.54) is 11.8 Å². The van der Waals surface area contributed by atoms with E-state index in [0.717, 1.165) is 17.7 Å². The van der Waals surface area contributed by atoms with Crippen molar-refractivity contribution in [2.75, 3.05) is 5.73 Å². The van der Waals surface area contributed by atoms with Gasteiger partial charge in [0.05, 0.1) is 0 Å². The number of aromatic amines is 1. The van der Waals surface area contributed by atoms with Crippen LogP contribution in [-0.2, 0) is 0 Å². The molecule has 0 unspecified atom stereocenters. The smallest absolute Gasteiger partial charge is 0.344 e. The fourth-order valence-electron chi connectivity index (χ4n) is 1.69. The van der Waals surface area contributed by atoms with Crippen LogP contribution in [0.1, 0.15) is 18.9 Å². The van der Waals surface area contributed by atoms with Crippen LogP contribution in [-0.4, -0.2) is 14.8 Å². The van der Waals surface area contributed by atoms with E-state index in [4.69, 9.17) is 5.73 Å². The first-order valence-corrected chi connectivity index (χ1v) is 6.26. The summed E-state index contributed by atoms with van der Waals surface area (Å²) in [7, 11) is 0. The summed E-state index contributed by atoms with van der Waals surface area (Å²) in [5.74, 6) is 0. The predicted molar refractivity (Wildman–Crippen MR) is 66.1 cm³/mol. The maximum Gasteiger partial charge on any atom is 0.344 e. The lowest BCUT2D eigenvalue weighted by molar-refractivity contribution is 0.642. The Morgan fingerprint density at radius 3 is 2.88 bits per heavy atom. The molecule has 1 saturated carbocycles. The maximum atomic E-state index is 11.6. The van der Waals surface area contributed by atoms with E-state index < -0.39 is 0 Å². The minimum Gasteiger partial charge on any atom is -0.398 e. The number of benzene rings is 1. The third kappa shape index (κ3) is 1.95. The highest BCUT2D eigenvalue weighted by atomic mass is 32.2. The summed E-state index contributed by atoms with van der Waals surface area (Å²) in [6, 6.07) is 7.89. The van der Waals surface area contributed by atoms with Gasteiger partial charge in [-0.2, -0.15) is 0 Å². The van der Waals surface area contributed by atoms with Crippen molar-refractivity contribution in [3.63, 3.8) is 0 Å². The molecule has 0 saturated heterocycles. The number of hydrogen-bond acceptors (Lipinski definition) is 4. The molecule has 3 rings (SSSR count). The zero-order valence-electron chi connectivity index (χ0n) is 9.09. The number of hydrogen-bond donors (Lipinski definition) is 2. The van der Waals surface area contributed by atoms with Crippen molar-refractivity contribution in [3.8, 4) is 0 Å². The van der Waals surface area contributed by atoms with Gasteiger partial charge >= 0.3 is 5.69 Å². The fourth-order valence-corrected chi connectivity index (χ4v) is 2.64. The first-order chi connectivity index (χ1) is 8.25. The molecular formula is C11H12N4OS. The zero-order valence-corrected chi connectivity index (χ0v) is 9.91. The molecule has 1 aliphatic carbocycles. The molecule has 2 aromatic rings. The Hall–Kier alpha value is -1.69. The molecule has 0 amide bonds. The van der Waals surface area contributed by atoms with E-state index in [-0.39, 0.29) is 5.69 Å². The van der Waals surface area contributed by atoms with Crippen molar-refractivity contribution < 1.29 is 0 Å². The number of anilines is 1. The topological polar surface area (TPSA) is 76.7 Å². The van der Waals surface area contributed by atoms with E-state index in [1.807, 2.05) is 24.3 Å². The van der Waals surface area contributed by atoms with Crippen molar-refractivity contribution in [2.45, 2.75) is 28.9 Å². The van der Waals surface area contributed by atoms with Crippen LogP contribution < -0.4 is 11.4 Å². The van der Waals surface area contributed by atoms with Crippen LogP contribution in [0.25, 0.3) is 0 Å². The lowest BCUT2D eigenvalue weighted by Gasteiger charge is -2.05. The van der Waals surface area contributed by atoms with Crippen LogP contribution in [0, 0.1) is 0 Å². The van der Waals surface area contributed by atoms with Crippen LogP contribution >= 0.6 is 11.8 Å². The maximum absolute atomic E-state index is 11.6. The van der Waals surface area contributed by atoms with Crippen molar-refractivity contribution in [3.05, 3.63) is 34.7 Å². The first-order valence-electron chi connectivity index (χ1n) is 5.45. The standard InChI is InChI=1S/C11H12N4OS/c12-8-3-1-2-4-9(8)17-11-14-13-10(16)15(11)7-5-6-7/h1-4,7H,5-6,12H2,(H,13,16). The number of nitrogens with zero attached hydrogens (tertiary/aromatic N) is 2.